The first-order chi connectivity index (χ1) is 14.5. The fourth-order valence-electron chi connectivity index (χ4n) is 3.84. The second-order valence-electron chi connectivity index (χ2n) is 6.73. The Kier molecular flexibility index (Phi) is 4.95. The van der Waals surface area contributed by atoms with E-state index in [1.54, 1.807) is 55.5 Å². The minimum absolute atomic E-state index is 0.108. The molecule has 8 nitrogen and oxygen atoms in total. The molecule has 30 heavy (non-hydrogen) atoms. The molecule has 0 spiro atoms. The molecule has 2 aromatic carbocycles. The lowest BCUT2D eigenvalue weighted by atomic mass is 9.79. The number of nitrogens with zero attached hydrogens (tertiary/aromatic N) is 2. The Bertz CT molecular complexity index is 1070. The van der Waals surface area contributed by atoms with Crippen molar-refractivity contribution in [1.82, 2.24) is 5.43 Å². The van der Waals surface area contributed by atoms with Gasteiger partial charge in [0.2, 0.25) is 5.91 Å². The number of halogens is 1. The highest BCUT2D eigenvalue weighted by Crippen LogP contribution is 2.46. The zero-order valence-electron chi connectivity index (χ0n) is 16.2. The number of rotatable bonds is 5. The van der Waals surface area contributed by atoms with E-state index < -0.39 is 29.2 Å². The van der Waals surface area contributed by atoms with Crippen LogP contribution in [0.15, 0.2) is 53.6 Å². The van der Waals surface area contributed by atoms with Crippen LogP contribution < -0.4 is 15.1 Å². The maximum atomic E-state index is 13.7. The molecule has 2 amide bonds. The summed E-state index contributed by atoms with van der Waals surface area (Å²) in [7, 11) is 1.45. The van der Waals surface area contributed by atoms with E-state index in [-0.39, 0.29) is 18.0 Å². The predicted octanol–water partition coefficient (Wildman–Crippen LogP) is 2.26. The molecule has 2 heterocycles. The van der Waals surface area contributed by atoms with Crippen molar-refractivity contribution in [3.8, 4) is 5.75 Å². The summed E-state index contributed by atoms with van der Waals surface area (Å²) in [5.74, 6) is -2.78. The van der Waals surface area contributed by atoms with Gasteiger partial charge in [0.25, 0.3) is 5.91 Å². The average Bonchev–Trinajstić information content (AvgIpc) is 3.25. The lowest BCUT2D eigenvalue weighted by molar-refractivity contribution is -0.136. The van der Waals surface area contributed by atoms with Crippen LogP contribution in [0, 0.1) is 5.92 Å². The first-order valence-corrected chi connectivity index (χ1v) is 9.62. The van der Waals surface area contributed by atoms with Gasteiger partial charge in [-0.15, -0.1) is 0 Å². The van der Waals surface area contributed by atoms with E-state index in [0.29, 0.717) is 16.3 Å². The number of esters is 1. The number of hydrogen-bond donors (Lipinski definition) is 1. The average molecular weight is 428 g/mol. The van der Waals surface area contributed by atoms with E-state index in [4.69, 9.17) is 21.1 Å². The van der Waals surface area contributed by atoms with Gasteiger partial charge in [-0.25, -0.2) is 9.69 Å². The van der Waals surface area contributed by atoms with Gasteiger partial charge in [-0.2, -0.15) is 5.10 Å². The van der Waals surface area contributed by atoms with Gasteiger partial charge in [-0.1, -0.05) is 35.9 Å². The zero-order valence-corrected chi connectivity index (χ0v) is 17.0. The summed E-state index contributed by atoms with van der Waals surface area (Å²) in [4.78, 5) is 40.8. The molecule has 0 bridgehead atoms. The third-order valence-electron chi connectivity index (χ3n) is 5.18. The number of anilines is 1. The molecule has 0 radical (unpaired) electrons. The number of nitrogens with one attached hydrogen (secondary N) is 1. The molecular weight excluding hydrogens is 410 g/mol. The van der Waals surface area contributed by atoms with Crippen LogP contribution >= 0.6 is 11.6 Å². The number of methoxy groups -OCH3 is 1. The van der Waals surface area contributed by atoms with E-state index in [9.17, 15) is 14.4 Å². The molecule has 154 valence electrons. The molecule has 0 aromatic heterocycles. The maximum absolute atomic E-state index is 13.7. The number of amides is 2. The molecule has 2 atom stereocenters. The smallest absolute Gasteiger partial charge is 0.355 e. The Morgan fingerprint density at radius 1 is 1.20 bits per heavy atom. The maximum Gasteiger partial charge on any atom is 0.355 e. The van der Waals surface area contributed by atoms with Crippen molar-refractivity contribution < 1.29 is 23.9 Å². The minimum Gasteiger partial charge on any atom is -0.495 e. The van der Waals surface area contributed by atoms with Gasteiger partial charge in [0.1, 0.15) is 11.7 Å². The molecule has 2 aliphatic heterocycles. The van der Waals surface area contributed by atoms with Crippen molar-refractivity contribution in [2.45, 2.75) is 12.5 Å². The number of ether oxygens (including phenoxy) is 2. The Morgan fingerprint density at radius 2 is 1.90 bits per heavy atom. The zero-order chi connectivity index (χ0) is 21.5. The quantitative estimate of drug-likeness (QED) is 0.580. The second kappa shape index (κ2) is 7.46. The monoisotopic (exact) mass is 427 g/mol. The SMILES string of the molecule is CCOC(=O)C1=NN[C@]2(c3ccc(Cl)cc3)C(=O)N(c3ccccc3OC)C(=O)[C@H]12. The molecule has 4 rings (SSSR count). The van der Waals surface area contributed by atoms with E-state index >= 15 is 0 Å². The van der Waals surface area contributed by atoms with Crippen LogP contribution in [-0.4, -0.2) is 37.2 Å². The van der Waals surface area contributed by atoms with Crippen LogP contribution in [0.1, 0.15) is 12.5 Å². The third-order valence-corrected chi connectivity index (χ3v) is 5.43. The molecule has 2 aromatic rings. The van der Waals surface area contributed by atoms with Gasteiger partial charge in [0.15, 0.2) is 11.3 Å². The standard InChI is InChI=1S/C21H18ClN3O5/c1-3-30-19(27)17-16-18(26)25(14-6-4-5-7-15(14)29-2)20(28)21(16,24-23-17)12-8-10-13(22)11-9-12/h4-11,16,24H,3H2,1-2H3/t16-,21-/m0/s1. The van der Waals surface area contributed by atoms with Crippen LogP contribution in [0.3, 0.4) is 0 Å². The molecular formula is C21H18ClN3O5. The summed E-state index contributed by atoms with van der Waals surface area (Å²) in [6, 6.07) is 13.1. The number of benzene rings is 2. The molecule has 0 unspecified atom stereocenters. The molecule has 1 fully saturated rings. The van der Waals surface area contributed by atoms with Gasteiger partial charge >= 0.3 is 5.97 Å². The predicted molar refractivity (Wildman–Crippen MR) is 109 cm³/mol. The van der Waals surface area contributed by atoms with Gasteiger partial charge in [-0.05, 0) is 36.8 Å². The summed E-state index contributed by atoms with van der Waals surface area (Å²) in [6.07, 6.45) is 0. The lowest BCUT2D eigenvalue weighted by Gasteiger charge is -2.26. The number of para-hydroxylation sites is 2. The van der Waals surface area contributed by atoms with E-state index in [0.717, 1.165) is 4.90 Å². The van der Waals surface area contributed by atoms with Crippen molar-refractivity contribution in [2.75, 3.05) is 18.6 Å². The number of fused-ring (bicyclic) bond motifs is 1. The van der Waals surface area contributed by atoms with Crippen molar-refractivity contribution in [1.29, 1.82) is 0 Å². The van der Waals surface area contributed by atoms with Crippen LogP contribution in [0.5, 0.6) is 5.75 Å². The highest BCUT2D eigenvalue weighted by atomic mass is 35.5. The number of hydrazone groups is 1. The summed E-state index contributed by atoms with van der Waals surface area (Å²) < 4.78 is 10.4. The minimum atomic E-state index is -1.59. The molecule has 0 aliphatic carbocycles. The summed E-state index contributed by atoms with van der Waals surface area (Å²) in [5.41, 5.74) is 1.76. The first kappa shape index (κ1) is 19.9. The fourth-order valence-corrected chi connectivity index (χ4v) is 3.97. The van der Waals surface area contributed by atoms with Crippen molar-refractivity contribution in [3.05, 3.63) is 59.1 Å². The van der Waals surface area contributed by atoms with E-state index in [1.807, 2.05) is 0 Å². The van der Waals surface area contributed by atoms with Gasteiger partial charge in [0, 0.05) is 5.02 Å². The molecule has 2 aliphatic rings. The van der Waals surface area contributed by atoms with Gasteiger partial charge < -0.3 is 9.47 Å². The number of hydrogen-bond acceptors (Lipinski definition) is 7. The Labute approximate surface area is 177 Å². The van der Waals surface area contributed by atoms with Crippen molar-refractivity contribution in [2.24, 2.45) is 11.0 Å². The molecule has 0 saturated carbocycles. The van der Waals surface area contributed by atoms with Crippen molar-refractivity contribution in [3.63, 3.8) is 0 Å². The van der Waals surface area contributed by atoms with Crippen LogP contribution in [0.2, 0.25) is 5.02 Å². The largest absolute Gasteiger partial charge is 0.495 e. The topological polar surface area (TPSA) is 97.3 Å². The Balaban J connectivity index is 1.89. The molecule has 9 heteroatoms. The van der Waals surface area contributed by atoms with Crippen LogP contribution in [0.4, 0.5) is 5.69 Å². The van der Waals surface area contributed by atoms with Gasteiger partial charge in [0.05, 0.1) is 19.4 Å². The highest BCUT2D eigenvalue weighted by molar-refractivity contribution is 6.47. The van der Waals surface area contributed by atoms with Crippen molar-refractivity contribution >= 4 is 40.8 Å². The Morgan fingerprint density at radius 3 is 2.57 bits per heavy atom. The second-order valence-corrected chi connectivity index (χ2v) is 7.16. The number of imide groups is 1. The fraction of sp³-hybridized carbons (Fsp3) is 0.238. The van der Waals surface area contributed by atoms with E-state index in [2.05, 4.69) is 10.5 Å². The lowest BCUT2D eigenvalue weighted by Crippen LogP contribution is -2.48. The number of carbonyl (C=O) groups is 3. The summed E-state index contributed by atoms with van der Waals surface area (Å²) in [5, 5.41) is 4.51. The summed E-state index contributed by atoms with van der Waals surface area (Å²) in [6.45, 7) is 1.76. The molecule has 1 saturated heterocycles. The molecule has 1 N–H and O–H groups in total. The summed E-state index contributed by atoms with van der Waals surface area (Å²) >= 11 is 6.01. The normalized spacial score (nSPS) is 22.4. The van der Waals surface area contributed by atoms with E-state index in [1.165, 1.54) is 7.11 Å². The highest BCUT2D eigenvalue weighted by Gasteiger charge is 2.67. The Hall–Kier alpha value is -3.39. The van der Waals surface area contributed by atoms with Gasteiger partial charge in [-0.3, -0.25) is 15.0 Å². The third kappa shape index (κ3) is 2.75. The number of carbonyl (C=O) groups excluding carboxylic acids is 3. The van der Waals surface area contributed by atoms with Crippen LogP contribution in [0.25, 0.3) is 0 Å². The first-order valence-electron chi connectivity index (χ1n) is 9.25. The van der Waals surface area contributed by atoms with Crippen LogP contribution in [-0.2, 0) is 24.7 Å².